The molecule has 2 heterocycles. The van der Waals surface area contributed by atoms with E-state index >= 15 is 0 Å². The average molecular weight is 379 g/mol. The summed E-state index contributed by atoms with van der Waals surface area (Å²) in [6, 6.07) is -0.393. The van der Waals surface area contributed by atoms with Crippen molar-refractivity contribution >= 4 is 30.2 Å². The molecular formula is C14H26AsNO4S. The number of rotatable bonds is 6. The normalized spacial score (nSPS) is 37.5. The number of thioether (sulfide) groups is 1. The van der Waals surface area contributed by atoms with Crippen LogP contribution in [0.4, 0.5) is 0 Å². The molecule has 0 aliphatic carbocycles. The van der Waals surface area contributed by atoms with E-state index in [0.29, 0.717) is 6.42 Å². The standard InChI is InChI=1S/C14H26AsNO4S/c1-4-5-6-7-8(17)12-11(19)10(18)9-13(20-12)21-14(16-9)15(2)3/h8-13,17-19H,4-7H2,1-3H3/t8-,9-,10-,11+,12-,13-/m1/s1. The van der Waals surface area contributed by atoms with Crippen molar-refractivity contribution in [3.8, 4) is 0 Å². The summed E-state index contributed by atoms with van der Waals surface area (Å²) in [5, 5.41) is 30.8. The van der Waals surface area contributed by atoms with E-state index in [1.165, 1.54) is 0 Å². The van der Waals surface area contributed by atoms with E-state index in [2.05, 4.69) is 23.3 Å². The van der Waals surface area contributed by atoms with Crippen molar-refractivity contribution in [1.29, 1.82) is 0 Å². The Morgan fingerprint density at radius 1 is 1.29 bits per heavy atom. The first-order valence-electron chi connectivity index (χ1n) is 7.57. The topological polar surface area (TPSA) is 82.3 Å². The molecule has 2 aliphatic rings. The van der Waals surface area contributed by atoms with Crippen LogP contribution in [-0.4, -0.2) is 69.7 Å². The molecule has 0 saturated carbocycles. The number of aliphatic imine (C=N–C) groups is 1. The Balaban J connectivity index is 1.99. The summed E-state index contributed by atoms with van der Waals surface area (Å²) in [7, 11) is 0. The molecule has 0 aromatic carbocycles. The molecule has 0 radical (unpaired) electrons. The van der Waals surface area contributed by atoms with Crippen LogP contribution in [0.5, 0.6) is 0 Å². The SMILES string of the molecule is CCCCC[C@@H](O)[C@H]1O[C@@H]2SC([As](C)C)=N[C@@H]2[C@@H](O)[C@@H]1O. The Hall–Kier alpha value is 0.418. The molecule has 2 rings (SSSR count). The van der Waals surface area contributed by atoms with Gasteiger partial charge in [0.05, 0.1) is 0 Å². The summed E-state index contributed by atoms with van der Waals surface area (Å²) in [6.07, 6.45) is 0.171. The molecule has 0 bridgehead atoms. The van der Waals surface area contributed by atoms with Gasteiger partial charge in [0.2, 0.25) is 0 Å². The molecule has 2 aliphatic heterocycles. The minimum atomic E-state index is -1.10. The van der Waals surface area contributed by atoms with Crippen LogP contribution in [0.3, 0.4) is 0 Å². The third-order valence-corrected chi connectivity index (χ3v) is 9.30. The zero-order valence-corrected chi connectivity index (χ0v) is 15.5. The van der Waals surface area contributed by atoms with Gasteiger partial charge in [-0.25, -0.2) is 0 Å². The molecule has 0 aromatic rings. The van der Waals surface area contributed by atoms with Gasteiger partial charge in [0.15, 0.2) is 0 Å². The van der Waals surface area contributed by atoms with Gasteiger partial charge in [-0.05, 0) is 0 Å². The maximum absolute atomic E-state index is 10.3. The predicted molar refractivity (Wildman–Crippen MR) is 87.1 cm³/mol. The van der Waals surface area contributed by atoms with Gasteiger partial charge in [-0.3, -0.25) is 0 Å². The molecule has 6 atom stereocenters. The summed E-state index contributed by atoms with van der Waals surface area (Å²) in [5.41, 5.74) is 4.12. The molecule has 1 saturated heterocycles. The first-order valence-corrected chi connectivity index (χ1v) is 13.1. The average Bonchev–Trinajstić information content (AvgIpc) is 2.87. The van der Waals surface area contributed by atoms with E-state index in [9.17, 15) is 15.3 Å². The first-order chi connectivity index (χ1) is 9.95. The summed E-state index contributed by atoms with van der Waals surface area (Å²) < 4.78 is 6.97. The Morgan fingerprint density at radius 2 is 2.00 bits per heavy atom. The minimum absolute atomic E-state index is 0.263. The summed E-state index contributed by atoms with van der Waals surface area (Å²) in [4.78, 5) is 4.54. The fraction of sp³-hybridized carbons (Fsp3) is 0.929. The Kier molecular flexibility index (Phi) is 6.60. The van der Waals surface area contributed by atoms with Crippen molar-refractivity contribution in [3.05, 3.63) is 0 Å². The Bertz CT molecular complexity index is 382. The van der Waals surface area contributed by atoms with Crippen molar-refractivity contribution in [3.63, 3.8) is 0 Å². The van der Waals surface area contributed by atoms with Gasteiger partial charge in [-0.1, -0.05) is 0 Å². The zero-order valence-electron chi connectivity index (χ0n) is 12.8. The molecule has 5 nitrogen and oxygen atoms in total. The van der Waals surface area contributed by atoms with Crippen molar-refractivity contribution in [2.75, 3.05) is 0 Å². The van der Waals surface area contributed by atoms with E-state index in [-0.39, 0.29) is 5.44 Å². The van der Waals surface area contributed by atoms with Gasteiger partial charge in [0, 0.05) is 0 Å². The fourth-order valence-corrected chi connectivity index (χ4v) is 6.57. The molecule has 0 amide bonds. The number of unbranched alkanes of at least 4 members (excludes halogenated alkanes) is 2. The van der Waals surface area contributed by atoms with Crippen molar-refractivity contribution < 1.29 is 20.1 Å². The molecule has 1 fully saturated rings. The van der Waals surface area contributed by atoms with E-state index in [1.54, 1.807) is 11.8 Å². The number of fused-ring (bicyclic) bond motifs is 1. The first kappa shape index (κ1) is 17.8. The van der Waals surface area contributed by atoms with Gasteiger partial charge >= 0.3 is 135 Å². The van der Waals surface area contributed by atoms with Gasteiger partial charge in [0.25, 0.3) is 0 Å². The van der Waals surface area contributed by atoms with E-state index in [0.717, 1.165) is 23.1 Å². The molecular weight excluding hydrogens is 353 g/mol. The number of hydrogen-bond acceptors (Lipinski definition) is 6. The van der Waals surface area contributed by atoms with Crippen LogP contribution < -0.4 is 0 Å². The number of hydrogen-bond donors (Lipinski definition) is 3. The number of ether oxygens (including phenoxy) is 1. The van der Waals surface area contributed by atoms with E-state index < -0.39 is 45.1 Å². The third-order valence-electron chi connectivity index (χ3n) is 3.95. The van der Waals surface area contributed by atoms with Crippen molar-refractivity contribution in [2.24, 2.45) is 4.99 Å². The molecule has 3 N–H and O–H groups in total. The van der Waals surface area contributed by atoms with Gasteiger partial charge in [0.1, 0.15) is 0 Å². The summed E-state index contributed by atoms with van der Waals surface area (Å²) in [5.74, 6) is 0. The molecule has 122 valence electrons. The number of aliphatic hydroxyl groups excluding tert-OH is 3. The monoisotopic (exact) mass is 379 g/mol. The Morgan fingerprint density at radius 3 is 2.62 bits per heavy atom. The van der Waals surface area contributed by atoms with Gasteiger partial charge in [-0.2, -0.15) is 0 Å². The van der Waals surface area contributed by atoms with Crippen LogP contribution in [0, 0.1) is 0 Å². The molecule has 0 aromatic heterocycles. The van der Waals surface area contributed by atoms with Crippen LogP contribution in [0.2, 0.25) is 11.4 Å². The molecule has 0 spiro atoms. The quantitative estimate of drug-likeness (QED) is 0.477. The van der Waals surface area contributed by atoms with Crippen LogP contribution in [0.1, 0.15) is 32.6 Å². The van der Waals surface area contributed by atoms with Crippen LogP contribution >= 0.6 is 11.8 Å². The second-order valence-electron chi connectivity index (χ2n) is 5.93. The molecule has 0 unspecified atom stereocenters. The summed E-state index contributed by atoms with van der Waals surface area (Å²) in [6.45, 7) is 2.11. The maximum atomic E-state index is 10.3. The molecule has 21 heavy (non-hydrogen) atoms. The molecule has 7 heteroatoms. The van der Waals surface area contributed by atoms with Crippen molar-refractivity contribution in [1.82, 2.24) is 0 Å². The number of aliphatic hydroxyl groups is 3. The van der Waals surface area contributed by atoms with Crippen molar-refractivity contribution in [2.45, 2.75) is 79.9 Å². The van der Waals surface area contributed by atoms with Crippen LogP contribution in [-0.2, 0) is 4.74 Å². The Labute approximate surface area is 135 Å². The second kappa shape index (κ2) is 7.80. The zero-order chi connectivity index (χ0) is 15.6. The second-order valence-corrected chi connectivity index (χ2v) is 12.3. The summed E-state index contributed by atoms with van der Waals surface area (Å²) >= 11 is 0.465. The predicted octanol–water partition coefficient (Wildman–Crippen LogP) is 1.18. The van der Waals surface area contributed by atoms with Gasteiger partial charge < -0.3 is 0 Å². The van der Waals surface area contributed by atoms with Crippen LogP contribution in [0.15, 0.2) is 4.99 Å². The van der Waals surface area contributed by atoms with E-state index in [1.807, 2.05) is 0 Å². The van der Waals surface area contributed by atoms with Gasteiger partial charge in [-0.15, -0.1) is 0 Å². The number of nitrogens with zero attached hydrogens (tertiary/aromatic N) is 1. The fourth-order valence-electron chi connectivity index (χ4n) is 2.68. The van der Waals surface area contributed by atoms with Crippen LogP contribution in [0.25, 0.3) is 0 Å². The van der Waals surface area contributed by atoms with E-state index in [4.69, 9.17) is 4.74 Å². The third kappa shape index (κ3) is 4.04.